The van der Waals surface area contributed by atoms with Crippen molar-refractivity contribution in [2.45, 2.75) is 52.4 Å². The van der Waals surface area contributed by atoms with Gasteiger partial charge in [-0.05, 0) is 6.42 Å². The van der Waals surface area contributed by atoms with Crippen LogP contribution in [0.1, 0.15) is 52.4 Å². The van der Waals surface area contributed by atoms with Crippen molar-refractivity contribution in [1.29, 1.82) is 0 Å². The fourth-order valence-electron chi connectivity index (χ4n) is 1.26. The standard InChI is InChI=1S/C10H20O3/c1-3-4-5-6-7-8-9(2)10(11)13-12/h9,12H,3-8H2,1-2H3. The Bertz CT molecular complexity index is 134. The molecular weight excluding hydrogens is 168 g/mol. The maximum absolute atomic E-state index is 10.8. The second-order valence-electron chi connectivity index (χ2n) is 3.51. The topological polar surface area (TPSA) is 46.5 Å². The zero-order chi connectivity index (χ0) is 10.1. The molecule has 0 saturated carbocycles. The van der Waals surface area contributed by atoms with Crippen LogP contribution in [-0.2, 0) is 9.68 Å². The van der Waals surface area contributed by atoms with Crippen molar-refractivity contribution >= 4 is 5.97 Å². The Morgan fingerprint density at radius 3 is 2.46 bits per heavy atom. The summed E-state index contributed by atoms with van der Waals surface area (Å²) in [7, 11) is 0. The molecule has 1 unspecified atom stereocenters. The minimum Gasteiger partial charge on any atom is -0.301 e. The van der Waals surface area contributed by atoms with Crippen molar-refractivity contribution in [3.8, 4) is 0 Å². The molecule has 0 aromatic rings. The van der Waals surface area contributed by atoms with E-state index >= 15 is 0 Å². The smallest absolute Gasteiger partial charge is 0.301 e. The van der Waals surface area contributed by atoms with Crippen LogP contribution in [0, 0.1) is 5.92 Å². The normalized spacial score (nSPS) is 12.5. The van der Waals surface area contributed by atoms with Crippen LogP contribution in [0.2, 0.25) is 0 Å². The Labute approximate surface area is 80.0 Å². The summed E-state index contributed by atoms with van der Waals surface area (Å²) in [6, 6.07) is 0. The number of hydrogen-bond acceptors (Lipinski definition) is 3. The van der Waals surface area contributed by atoms with Crippen molar-refractivity contribution in [2.24, 2.45) is 5.92 Å². The molecule has 0 heterocycles. The lowest BCUT2D eigenvalue weighted by Gasteiger charge is -2.06. The van der Waals surface area contributed by atoms with Crippen LogP contribution in [0.3, 0.4) is 0 Å². The molecule has 78 valence electrons. The van der Waals surface area contributed by atoms with Gasteiger partial charge in [0.25, 0.3) is 0 Å². The van der Waals surface area contributed by atoms with Gasteiger partial charge in [-0.25, -0.2) is 4.79 Å². The molecule has 0 rings (SSSR count). The first kappa shape index (κ1) is 12.4. The van der Waals surface area contributed by atoms with Crippen LogP contribution in [0.4, 0.5) is 0 Å². The van der Waals surface area contributed by atoms with Gasteiger partial charge >= 0.3 is 5.97 Å². The average Bonchev–Trinajstić information content (AvgIpc) is 2.16. The number of carbonyl (C=O) groups is 1. The lowest BCUT2D eigenvalue weighted by atomic mass is 10.0. The summed E-state index contributed by atoms with van der Waals surface area (Å²) in [5.74, 6) is -0.692. The molecule has 3 heteroatoms. The van der Waals surface area contributed by atoms with E-state index in [0.717, 1.165) is 19.3 Å². The van der Waals surface area contributed by atoms with Crippen LogP contribution < -0.4 is 0 Å². The second kappa shape index (κ2) is 8.05. The predicted octanol–water partition coefficient (Wildman–Crippen LogP) is 3.00. The molecule has 0 aliphatic rings. The quantitative estimate of drug-likeness (QED) is 0.379. The molecule has 1 N–H and O–H groups in total. The van der Waals surface area contributed by atoms with Crippen molar-refractivity contribution in [1.82, 2.24) is 0 Å². The second-order valence-corrected chi connectivity index (χ2v) is 3.51. The molecule has 0 fully saturated rings. The highest BCUT2D eigenvalue weighted by molar-refractivity contribution is 5.71. The SMILES string of the molecule is CCCCCCCC(C)C(=O)OO. The fraction of sp³-hybridized carbons (Fsp3) is 0.900. The van der Waals surface area contributed by atoms with E-state index < -0.39 is 5.97 Å². The largest absolute Gasteiger partial charge is 0.344 e. The highest BCUT2D eigenvalue weighted by atomic mass is 17.1. The number of unbranched alkanes of at least 4 members (excludes halogenated alkanes) is 4. The van der Waals surface area contributed by atoms with Gasteiger partial charge in [0.1, 0.15) is 0 Å². The molecule has 0 aliphatic heterocycles. The Kier molecular flexibility index (Phi) is 7.69. The molecule has 0 bridgehead atoms. The Morgan fingerprint density at radius 1 is 1.31 bits per heavy atom. The van der Waals surface area contributed by atoms with Crippen LogP contribution in [0.15, 0.2) is 0 Å². The minimum atomic E-state index is -0.518. The van der Waals surface area contributed by atoms with Crippen LogP contribution in [0.5, 0.6) is 0 Å². The van der Waals surface area contributed by atoms with E-state index in [-0.39, 0.29) is 5.92 Å². The monoisotopic (exact) mass is 188 g/mol. The molecule has 1 atom stereocenters. The van der Waals surface area contributed by atoms with Crippen molar-refractivity contribution in [3.63, 3.8) is 0 Å². The van der Waals surface area contributed by atoms with Gasteiger partial charge in [0.15, 0.2) is 0 Å². The molecule has 0 saturated heterocycles. The minimum absolute atomic E-state index is 0.174. The Hall–Kier alpha value is -0.570. The maximum atomic E-state index is 10.8. The molecule has 0 amide bonds. The van der Waals surface area contributed by atoms with E-state index in [9.17, 15) is 4.79 Å². The van der Waals surface area contributed by atoms with Gasteiger partial charge in [-0.2, -0.15) is 5.26 Å². The summed E-state index contributed by atoms with van der Waals surface area (Å²) in [5, 5.41) is 8.10. The third-order valence-corrected chi connectivity index (χ3v) is 2.23. The summed E-state index contributed by atoms with van der Waals surface area (Å²) in [5.41, 5.74) is 0. The van der Waals surface area contributed by atoms with Gasteiger partial charge < -0.3 is 4.89 Å². The summed E-state index contributed by atoms with van der Waals surface area (Å²) < 4.78 is 0. The van der Waals surface area contributed by atoms with Crippen molar-refractivity contribution in [3.05, 3.63) is 0 Å². The highest BCUT2D eigenvalue weighted by Gasteiger charge is 2.13. The zero-order valence-corrected chi connectivity index (χ0v) is 8.58. The van der Waals surface area contributed by atoms with Gasteiger partial charge in [-0.15, -0.1) is 0 Å². The van der Waals surface area contributed by atoms with Crippen molar-refractivity contribution in [2.75, 3.05) is 0 Å². The van der Waals surface area contributed by atoms with Gasteiger partial charge in [-0.3, -0.25) is 0 Å². The summed E-state index contributed by atoms with van der Waals surface area (Å²) in [4.78, 5) is 14.4. The van der Waals surface area contributed by atoms with Crippen LogP contribution in [0.25, 0.3) is 0 Å². The molecule has 0 aromatic heterocycles. The molecule has 0 aliphatic carbocycles. The van der Waals surface area contributed by atoms with Gasteiger partial charge in [0.05, 0.1) is 5.92 Å². The fourth-order valence-corrected chi connectivity index (χ4v) is 1.26. The van der Waals surface area contributed by atoms with E-state index in [1.807, 2.05) is 0 Å². The maximum Gasteiger partial charge on any atom is 0.344 e. The molecule has 13 heavy (non-hydrogen) atoms. The van der Waals surface area contributed by atoms with E-state index in [1.54, 1.807) is 6.92 Å². The number of rotatable bonds is 7. The van der Waals surface area contributed by atoms with Gasteiger partial charge in [0.2, 0.25) is 0 Å². The average molecular weight is 188 g/mol. The summed E-state index contributed by atoms with van der Waals surface area (Å²) in [6.45, 7) is 3.95. The first-order valence-electron chi connectivity index (χ1n) is 5.07. The van der Waals surface area contributed by atoms with Crippen LogP contribution >= 0.6 is 0 Å². The predicted molar refractivity (Wildman–Crippen MR) is 51.3 cm³/mol. The number of hydrogen-bond donors (Lipinski definition) is 1. The van der Waals surface area contributed by atoms with E-state index in [2.05, 4.69) is 11.8 Å². The summed E-state index contributed by atoms with van der Waals surface area (Å²) >= 11 is 0. The van der Waals surface area contributed by atoms with Crippen LogP contribution in [-0.4, -0.2) is 11.2 Å². The number of carbonyl (C=O) groups excluding carboxylic acids is 1. The first-order chi connectivity index (χ1) is 6.22. The first-order valence-corrected chi connectivity index (χ1v) is 5.07. The molecular formula is C10H20O3. The van der Waals surface area contributed by atoms with Gasteiger partial charge in [0, 0.05) is 0 Å². The van der Waals surface area contributed by atoms with E-state index in [0.29, 0.717) is 0 Å². The highest BCUT2D eigenvalue weighted by Crippen LogP contribution is 2.12. The molecule has 0 radical (unpaired) electrons. The van der Waals surface area contributed by atoms with E-state index in [1.165, 1.54) is 19.3 Å². The third kappa shape index (κ3) is 6.58. The molecule has 0 aromatic carbocycles. The van der Waals surface area contributed by atoms with Gasteiger partial charge in [-0.1, -0.05) is 46.0 Å². The lowest BCUT2D eigenvalue weighted by Crippen LogP contribution is -2.12. The lowest BCUT2D eigenvalue weighted by molar-refractivity contribution is -0.238. The summed E-state index contributed by atoms with van der Waals surface area (Å²) in [6.07, 6.45) is 6.74. The van der Waals surface area contributed by atoms with Crippen molar-refractivity contribution < 1.29 is 14.9 Å². The molecule has 0 spiro atoms. The molecule has 3 nitrogen and oxygen atoms in total. The Balaban J connectivity index is 3.26. The zero-order valence-electron chi connectivity index (χ0n) is 8.58. The Morgan fingerprint density at radius 2 is 1.92 bits per heavy atom. The van der Waals surface area contributed by atoms with E-state index in [4.69, 9.17) is 5.26 Å². The third-order valence-electron chi connectivity index (χ3n) is 2.23.